The normalized spacial score (nSPS) is 17.4. The van der Waals surface area contributed by atoms with Crippen LogP contribution < -0.4 is 10.1 Å². The molecule has 1 aliphatic heterocycles. The molecule has 1 aliphatic rings. The minimum absolute atomic E-state index is 0.208. The van der Waals surface area contributed by atoms with Crippen molar-refractivity contribution >= 4 is 16.7 Å². The minimum Gasteiger partial charge on any atom is -0.478 e. The van der Waals surface area contributed by atoms with Crippen LogP contribution in [0.4, 0.5) is 10.1 Å². The van der Waals surface area contributed by atoms with Gasteiger partial charge in [0.15, 0.2) is 6.10 Å². The van der Waals surface area contributed by atoms with Crippen LogP contribution in [0.5, 0.6) is 5.75 Å². The smallest absolute Gasteiger partial charge is 0.173 e. The number of hydrogen-bond donors (Lipinski definition) is 1. The van der Waals surface area contributed by atoms with Gasteiger partial charge < -0.3 is 14.5 Å². The van der Waals surface area contributed by atoms with E-state index in [1.54, 1.807) is 6.07 Å². The first-order valence-corrected chi connectivity index (χ1v) is 6.48. The molecule has 0 saturated heterocycles. The molecule has 2 aromatic carbocycles. The van der Waals surface area contributed by atoms with Crippen LogP contribution in [0, 0.1) is 5.82 Å². The molecule has 1 atom stereocenters. The monoisotopic (exact) mass is 269 g/mol. The van der Waals surface area contributed by atoms with Crippen molar-refractivity contribution in [2.45, 2.75) is 6.10 Å². The molecule has 0 aliphatic carbocycles. The lowest BCUT2D eigenvalue weighted by Crippen LogP contribution is -2.23. The lowest BCUT2D eigenvalue weighted by Gasteiger charge is -2.25. The Bertz CT molecular complexity index is 748. The maximum atomic E-state index is 13.1. The zero-order valence-corrected chi connectivity index (χ0v) is 10.6. The number of halogens is 1. The van der Waals surface area contributed by atoms with Gasteiger partial charge in [-0.3, -0.25) is 0 Å². The van der Waals surface area contributed by atoms with Crippen molar-refractivity contribution in [3.63, 3.8) is 0 Å². The highest BCUT2D eigenvalue weighted by atomic mass is 19.1. The Balaban J connectivity index is 1.69. The van der Waals surface area contributed by atoms with Crippen molar-refractivity contribution < 1.29 is 13.5 Å². The van der Waals surface area contributed by atoms with Gasteiger partial charge >= 0.3 is 0 Å². The zero-order chi connectivity index (χ0) is 13.5. The predicted molar refractivity (Wildman–Crippen MR) is 74.5 cm³/mol. The molecule has 0 fully saturated rings. The number of rotatable bonds is 1. The lowest BCUT2D eigenvalue weighted by atomic mass is 10.2. The van der Waals surface area contributed by atoms with Gasteiger partial charge in [-0.2, -0.15) is 0 Å². The largest absolute Gasteiger partial charge is 0.478 e. The molecule has 0 saturated carbocycles. The number of para-hydroxylation sites is 1. The van der Waals surface area contributed by atoms with E-state index in [9.17, 15) is 4.39 Å². The molecule has 4 rings (SSSR count). The molecular formula is C16H12FNO2. The second-order valence-corrected chi connectivity index (χ2v) is 4.81. The van der Waals surface area contributed by atoms with Gasteiger partial charge in [-0.15, -0.1) is 0 Å². The molecule has 1 aromatic heterocycles. The average Bonchev–Trinajstić information content (AvgIpc) is 2.90. The van der Waals surface area contributed by atoms with Crippen molar-refractivity contribution in [1.82, 2.24) is 0 Å². The molecule has 3 aromatic rings. The lowest BCUT2D eigenvalue weighted by molar-refractivity contribution is 0.183. The topological polar surface area (TPSA) is 34.4 Å². The molecule has 0 amide bonds. The van der Waals surface area contributed by atoms with Gasteiger partial charge in [0.2, 0.25) is 0 Å². The summed E-state index contributed by atoms with van der Waals surface area (Å²) in [6.45, 7) is 0.552. The van der Waals surface area contributed by atoms with Gasteiger partial charge in [0.05, 0.1) is 12.2 Å². The second kappa shape index (κ2) is 4.27. The van der Waals surface area contributed by atoms with Crippen molar-refractivity contribution in [2.24, 2.45) is 0 Å². The molecule has 100 valence electrons. The summed E-state index contributed by atoms with van der Waals surface area (Å²) in [5.41, 5.74) is 1.52. The number of benzene rings is 2. The van der Waals surface area contributed by atoms with E-state index in [0.717, 1.165) is 16.7 Å². The average molecular weight is 269 g/mol. The van der Waals surface area contributed by atoms with E-state index in [-0.39, 0.29) is 11.9 Å². The van der Waals surface area contributed by atoms with Crippen LogP contribution in [-0.4, -0.2) is 6.54 Å². The highest BCUT2D eigenvalue weighted by Crippen LogP contribution is 2.36. The predicted octanol–water partition coefficient (Wildman–Crippen LogP) is 4.12. The van der Waals surface area contributed by atoms with Crippen molar-refractivity contribution in [2.75, 3.05) is 11.9 Å². The summed E-state index contributed by atoms with van der Waals surface area (Å²) in [7, 11) is 0. The van der Waals surface area contributed by atoms with E-state index in [1.807, 2.05) is 30.3 Å². The van der Waals surface area contributed by atoms with Crippen LogP contribution in [0.15, 0.2) is 52.9 Å². The third-order valence-corrected chi connectivity index (χ3v) is 3.45. The summed E-state index contributed by atoms with van der Waals surface area (Å²) in [6.07, 6.45) is -0.208. The molecule has 0 spiro atoms. The van der Waals surface area contributed by atoms with Gasteiger partial charge in [0, 0.05) is 11.5 Å². The van der Waals surface area contributed by atoms with Crippen LogP contribution in [0.2, 0.25) is 0 Å². The SMILES string of the molecule is Fc1ccc2c(c1)NCC(c1cc3ccccc3o1)O2. The van der Waals surface area contributed by atoms with Gasteiger partial charge in [0.1, 0.15) is 22.9 Å². The fraction of sp³-hybridized carbons (Fsp3) is 0.125. The van der Waals surface area contributed by atoms with E-state index < -0.39 is 0 Å². The Morgan fingerprint density at radius 3 is 2.90 bits per heavy atom. The Hall–Kier alpha value is -2.49. The van der Waals surface area contributed by atoms with E-state index in [1.165, 1.54) is 12.1 Å². The van der Waals surface area contributed by atoms with Crippen LogP contribution in [0.1, 0.15) is 11.9 Å². The second-order valence-electron chi connectivity index (χ2n) is 4.81. The maximum Gasteiger partial charge on any atom is 0.173 e. The number of fused-ring (bicyclic) bond motifs is 2. The summed E-state index contributed by atoms with van der Waals surface area (Å²) in [6, 6.07) is 14.3. The molecule has 1 unspecified atom stereocenters. The molecule has 0 bridgehead atoms. The van der Waals surface area contributed by atoms with Gasteiger partial charge in [-0.1, -0.05) is 18.2 Å². The molecule has 0 radical (unpaired) electrons. The third-order valence-electron chi connectivity index (χ3n) is 3.45. The number of anilines is 1. The quantitative estimate of drug-likeness (QED) is 0.721. The number of furan rings is 1. The first kappa shape index (κ1) is 11.3. The summed E-state index contributed by atoms with van der Waals surface area (Å²) >= 11 is 0. The highest BCUT2D eigenvalue weighted by molar-refractivity contribution is 5.77. The zero-order valence-electron chi connectivity index (χ0n) is 10.6. The van der Waals surface area contributed by atoms with Crippen molar-refractivity contribution in [1.29, 1.82) is 0 Å². The first-order valence-electron chi connectivity index (χ1n) is 6.48. The number of ether oxygens (including phenoxy) is 1. The van der Waals surface area contributed by atoms with E-state index in [2.05, 4.69) is 5.32 Å². The van der Waals surface area contributed by atoms with Crippen LogP contribution in [-0.2, 0) is 0 Å². The molecule has 4 heteroatoms. The number of nitrogens with one attached hydrogen (secondary N) is 1. The molecule has 3 nitrogen and oxygen atoms in total. The van der Waals surface area contributed by atoms with Crippen molar-refractivity contribution in [3.8, 4) is 5.75 Å². The van der Waals surface area contributed by atoms with E-state index >= 15 is 0 Å². The van der Waals surface area contributed by atoms with Crippen molar-refractivity contribution in [3.05, 3.63) is 60.1 Å². The standard InChI is InChI=1S/C16H12FNO2/c17-11-5-6-14-12(8-11)18-9-16(20-14)15-7-10-3-1-2-4-13(10)19-15/h1-8,16,18H,9H2. The molecule has 20 heavy (non-hydrogen) atoms. The van der Waals surface area contributed by atoms with E-state index in [0.29, 0.717) is 18.0 Å². The Kier molecular flexibility index (Phi) is 2.42. The Morgan fingerprint density at radius 2 is 2.00 bits per heavy atom. The Labute approximate surface area is 115 Å². The minimum atomic E-state index is -0.276. The first-order chi connectivity index (χ1) is 9.79. The van der Waals surface area contributed by atoms with E-state index in [4.69, 9.17) is 9.15 Å². The fourth-order valence-electron chi connectivity index (χ4n) is 2.46. The number of hydrogen-bond acceptors (Lipinski definition) is 3. The summed E-state index contributed by atoms with van der Waals surface area (Å²) in [5.74, 6) is 1.14. The maximum absolute atomic E-state index is 13.1. The molecule has 1 N–H and O–H groups in total. The van der Waals surface area contributed by atoms with Crippen LogP contribution >= 0.6 is 0 Å². The highest BCUT2D eigenvalue weighted by Gasteiger charge is 2.24. The summed E-state index contributed by atoms with van der Waals surface area (Å²) in [4.78, 5) is 0. The third kappa shape index (κ3) is 1.81. The Morgan fingerprint density at radius 1 is 1.10 bits per heavy atom. The summed E-state index contributed by atoms with van der Waals surface area (Å²) < 4.78 is 24.8. The van der Waals surface area contributed by atoms with Gasteiger partial charge in [-0.05, 0) is 24.3 Å². The van der Waals surface area contributed by atoms with Crippen LogP contribution in [0.25, 0.3) is 11.0 Å². The fourth-order valence-corrected chi connectivity index (χ4v) is 2.46. The molecule has 2 heterocycles. The molecular weight excluding hydrogens is 257 g/mol. The summed E-state index contributed by atoms with van der Waals surface area (Å²) in [5, 5.41) is 4.22. The van der Waals surface area contributed by atoms with Crippen LogP contribution in [0.3, 0.4) is 0 Å². The van der Waals surface area contributed by atoms with Gasteiger partial charge in [0.25, 0.3) is 0 Å². The van der Waals surface area contributed by atoms with Gasteiger partial charge in [-0.25, -0.2) is 4.39 Å².